The fraction of sp³-hybridized carbons (Fsp3) is 0.333. The van der Waals surface area contributed by atoms with Crippen LogP contribution >= 0.6 is 11.8 Å². The van der Waals surface area contributed by atoms with Crippen molar-refractivity contribution in [2.24, 2.45) is 0 Å². The topological polar surface area (TPSA) is 37.4 Å². The van der Waals surface area contributed by atoms with E-state index < -0.39 is 0 Å². The van der Waals surface area contributed by atoms with E-state index in [4.69, 9.17) is 0 Å². The van der Waals surface area contributed by atoms with Gasteiger partial charge in [0.05, 0.1) is 0 Å². The highest BCUT2D eigenvalue weighted by Gasteiger charge is 2.35. The Morgan fingerprint density at radius 3 is 2.85 bits per heavy atom. The monoisotopic (exact) mass is 291 g/mol. The van der Waals surface area contributed by atoms with Crippen LogP contribution in [0.25, 0.3) is 5.70 Å². The maximum absolute atomic E-state index is 14.3. The lowest BCUT2D eigenvalue weighted by Gasteiger charge is -2.23. The number of amides is 1. The molecule has 0 radical (unpaired) electrons. The second kappa shape index (κ2) is 4.74. The Labute approximate surface area is 120 Å². The summed E-state index contributed by atoms with van der Waals surface area (Å²) in [5.74, 6) is 0.406. The van der Waals surface area contributed by atoms with Gasteiger partial charge < -0.3 is 0 Å². The molecule has 104 valence electrons. The summed E-state index contributed by atoms with van der Waals surface area (Å²) in [5.41, 5.74) is 2.73. The number of carbonyl (C=O) groups is 2. The van der Waals surface area contributed by atoms with E-state index in [2.05, 4.69) is 0 Å². The van der Waals surface area contributed by atoms with Gasteiger partial charge in [0, 0.05) is 34.2 Å². The number of carbonyl (C=O) groups excluding carboxylic acids is 2. The highest BCUT2D eigenvalue weighted by molar-refractivity contribution is 8.13. The molecule has 20 heavy (non-hydrogen) atoms. The zero-order chi connectivity index (χ0) is 14.4. The van der Waals surface area contributed by atoms with Crippen LogP contribution in [0.3, 0.4) is 0 Å². The van der Waals surface area contributed by atoms with Crippen molar-refractivity contribution < 1.29 is 14.0 Å². The van der Waals surface area contributed by atoms with Gasteiger partial charge in [-0.15, -0.1) is 0 Å². The summed E-state index contributed by atoms with van der Waals surface area (Å²) in [7, 11) is 0. The second-order valence-corrected chi connectivity index (χ2v) is 6.11. The molecule has 0 bridgehead atoms. The summed E-state index contributed by atoms with van der Waals surface area (Å²) in [6.07, 6.45) is 3.01. The number of rotatable bonds is 2. The number of hydrogen-bond donors (Lipinski definition) is 0. The first-order chi connectivity index (χ1) is 9.54. The molecule has 0 saturated carbocycles. The lowest BCUT2D eigenvalue weighted by atomic mass is 9.99. The van der Waals surface area contributed by atoms with E-state index in [1.54, 1.807) is 17.9 Å². The number of aldehydes is 1. The molecule has 1 aromatic rings. The Kier molecular flexibility index (Phi) is 3.17. The van der Waals surface area contributed by atoms with Gasteiger partial charge in [-0.3, -0.25) is 14.5 Å². The zero-order valence-electron chi connectivity index (χ0n) is 11.3. The molecule has 3 rings (SSSR count). The van der Waals surface area contributed by atoms with Crippen LogP contribution in [0.15, 0.2) is 12.1 Å². The molecule has 0 N–H and O–H groups in total. The van der Waals surface area contributed by atoms with E-state index in [1.807, 2.05) is 13.0 Å². The SMILES string of the molecule is Cc1c(C=O)cc2c(c1F)CC=C2N1C(=O)SC[C@H]1C. The minimum atomic E-state index is -0.331. The maximum atomic E-state index is 14.3. The molecule has 1 aliphatic heterocycles. The van der Waals surface area contributed by atoms with Crippen molar-refractivity contribution in [3.8, 4) is 0 Å². The molecule has 2 aliphatic rings. The summed E-state index contributed by atoms with van der Waals surface area (Å²) in [5, 5.41) is -0.00904. The molecule has 0 unspecified atom stereocenters. The van der Waals surface area contributed by atoms with Crippen molar-refractivity contribution in [2.75, 3.05) is 5.75 Å². The Morgan fingerprint density at radius 2 is 2.25 bits per heavy atom. The average Bonchev–Trinajstić information content (AvgIpc) is 2.97. The number of halogens is 1. The van der Waals surface area contributed by atoms with Gasteiger partial charge in [0.2, 0.25) is 0 Å². The molecule has 1 fully saturated rings. The highest BCUT2D eigenvalue weighted by Crippen LogP contribution is 2.39. The van der Waals surface area contributed by atoms with Gasteiger partial charge in [-0.05, 0) is 31.9 Å². The number of hydrogen-bond acceptors (Lipinski definition) is 3. The Morgan fingerprint density at radius 1 is 1.50 bits per heavy atom. The van der Waals surface area contributed by atoms with Crippen molar-refractivity contribution in [3.63, 3.8) is 0 Å². The molecule has 1 amide bonds. The third-order valence-corrected chi connectivity index (χ3v) is 4.99. The normalized spacial score (nSPS) is 21.1. The molecule has 1 atom stereocenters. The second-order valence-electron chi connectivity index (χ2n) is 5.14. The average molecular weight is 291 g/mol. The predicted octanol–water partition coefficient (Wildman–Crippen LogP) is 3.40. The molecule has 1 aromatic carbocycles. The molecule has 1 aliphatic carbocycles. The minimum absolute atomic E-state index is 0.00904. The quantitative estimate of drug-likeness (QED) is 0.784. The largest absolute Gasteiger partial charge is 0.299 e. The van der Waals surface area contributed by atoms with Gasteiger partial charge in [0.15, 0.2) is 0 Å². The van der Waals surface area contributed by atoms with Crippen LogP contribution in [0.4, 0.5) is 9.18 Å². The van der Waals surface area contributed by atoms with Crippen LogP contribution < -0.4 is 0 Å². The van der Waals surface area contributed by atoms with Crippen LogP contribution in [-0.4, -0.2) is 28.2 Å². The smallest absolute Gasteiger partial charge is 0.286 e. The van der Waals surface area contributed by atoms with E-state index in [1.165, 1.54) is 11.8 Å². The Hall–Kier alpha value is -1.62. The molecule has 1 heterocycles. The Bertz CT molecular complexity index is 654. The van der Waals surface area contributed by atoms with Gasteiger partial charge in [-0.25, -0.2) is 4.39 Å². The van der Waals surface area contributed by atoms with Crippen LogP contribution in [-0.2, 0) is 6.42 Å². The summed E-state index contributed by atoms with van der Waals surface area (Å²) in [6.45, 7) is 3.58. The standard InChI is InChI=1S/C15H14FNO2S/c1-8-7-20-15(19)17(8)13-4-3-11-12(13)5-10(6-18)9(2)14(11)16/h4-6,8H,3,7H2,1-2H3/t8-/m1/s1. The summed E-state index contributed by atoms with van der Waals surface area (Å²) >= 11 is 1.28. The van der Waals surface area contributed by atoms with Crippen molar-refractivity contribution in [1.82, 2.24) is 4.90 Å². The summed E-state index contributed by atoms with van der Waals surface area (Å²) in [4.78, 5) is 24.7. The highest BCUT2D eigenvalue weighted by atomic mass is 32.2. The minimum Gasteiger partial charge on any atom is -0.299 e. The number of fused-ring (bicyclic) bond motifs is 1. The van der Waals surface area contributed by atoms with E-state index in [0.717, 1.165) is 11.4 Å². The van der Waals surface area contributed by atoms with Gasteiger partial charge in [0.25, 0.3) is 5.24 Å². The van der Waals surface area contributed by atoms with Gasteiger partial charge >= 0.3 is 0 Å². The van der Waals surface area contributed by atoms with E-state index >= 15 is 0 Å². The fourth-order valence-electron chi connectivity index (χ4n) is 2.76. The third kappa shape index (κ3) is 1.80. The fourth-order valence-corrected chi connectivity index (χ4v) is 3.71. The summed E-state index contributed by atoms with van der Waals surface area (Å²) in [6, 6.07) is 1.79. The molecule has 0 spiro atoms. The maximum Gasteiger partial charge on any atom is 0.286 e. The summed E-state index contributed by atoms with van der Waals surface area (Å²) < 4.78 is 14.3. The lowest BCUT2D eigenvalue weighted by molar-refractivity contribution is 0.112. The molecule has 3 nitrogen and oxygen atoms in total. The molecular weight excluding hydrogens is 277 g/mol. The third-order valence-electron chi connectivity index (χ3n) is 3.90. The van der Waals surface area contributed by atoms with Gasteiger partial charge in [-0.1, -0.05) is 17.8 Å². The first-order valence-electron chi connectivity index (χ1n) is 6.48. The first kappa shape index (κ1) is 13.4. The number of benzene rings is 1. The Balaban J connectivity index is 2.12. The van der Waals surface area contributed by atoms with Crippen LogP contribution in [0.2, 0.25) is 0 Å². The molecule has 5 heteroatoms. The van der Waals surface area contributed by atoms with Crippen molar-refractivity contribution in [1.29, 1.82) is 0 Å². The number of thioether (sulfide) groups is 1. The van der Waals surface area contributed by atoms with Gasteiger partial charge in [-0.2, -0.15) is 0 Å². The van der Waals surface area contributed by atoms with Crippen molar-refractivity contribution in [3.05, 3.63) is 40.2 Å². The lowest BCUT2D eigenvalue weighted by Crippen LogP contribution is -2.29. The van der Waals surface area contributed by atoms with E-state index in [9.17, 15) is 14.0 Å². The molecule has 0 aromatic heterocycles. The molecule has 1 saturated heterocycles. The van der Waals surface area contributed by atoms with Crippen LogP contribution in [0, 0.1) is 12.7 Å². The number of nitrogens with zero attached hydrogens (tertiary/aromatic N) is 1. The first-order valence-corrected chi connectivity index (χ1v) is 7.46. The van der Waals surface area contributed by atoms with Crippen LogP contribution in [0.1, 0.15) is 34.0 Å². The molecular formula is C15H14FNO2S. The van der Waals surface area contributed by atoms with E-state index in [0.29, 0.717) is 35.0 Å². The van der Waals surface area contributed by atoms with Crippen LogP contribution in [0.5, 0.6) is 0 Å². The van der Waals surface area contributed by atoms with Crippen molar-refractivity contribution >= 4 is 29.0 Å². The number of allylic oxidation sites excluding steroid dienone is 1. The van der Waals surface area contributed by atoms with Gasteiger partial charge in [0.1, 0.15) is 12.1 Å². The van der Waals surface area contributed by atoms with Crippen molar-refractivity contribution in [2.45, 2.75) is 26.3 Å². The zero-order valence-corrected chi connectivity index (χ0v) is 12.1. The predicted molar refractivity (Wildman–Crippen MR) is 77.4 cm³/mol. The van der Waals surface area contributed by atoms with E-state index in [-0.39, 0.29) is 17.1 Å².